The Labute approximate surface area is 96.0 Å². The predicted octanol–water partition coefficient (Wildman–Crippen LogP) is 2.79. The van der Waals surface area contributed by atoms with Crippen molar-refractivity contribution in [1.82, 2.24) is 4.98 Å². The van der Waals surface area contributed by atoms with E-state index in [2.05, 4.69) is 4.98 Å². The van der Waals surface area contributed by atoms with E-state index in [1.165, 1.54) is 22.7 Å². The van der Waals surface area contributed by atoms with Crippen molar-refractivity contribution >= 4 is 33.7 Å². The van der Waals surface area contributed by atoms with Crippen molar-refractivity contribution in [3.05, 3.63) is 33.5 Å². The number of thiazole rings is 1. The van der Waals surface area contributed by atoms with Gasteiger partial charge in [0.2, 0.25) is 0 Å². The van der Waals surface area contributed by atoms with Gasteiger partial charge in [-0.2, -0.15) is 0 Å². The molecule has 0 saturated carbocycles. The summed E-state index contributed by atoms with van der Waals surface area (Å²) in [5.74, 6) is -0.000602. The minimum atomic E-state index is -0.000602. The summed E-state index contributed by atoms with van der Waals surface area (Å²) in [6.45, 7) is 1.92. The number of hydrogen-bond donors (Lipinski definition) is 0. The molecule has 5 heteroatoms. The average Bonchev–Trinajstić information content (AvgIpc) is 2.85. The van der Waals surface area contributed by atoms with Crippen molar-refractivity contribution in [3.8, 4) is 0 Å². The molecule has 0 unspecified atom stereocenters. The fourth-order valence-corrected chi connectivity index (χ4v) is 2.61. The third kappa shape index (κ3) is 2.08. The fraction of sp³-hybridized carbons (Fsp3) is 0.200. The topological polar surface area (TPSA) is 33.2 Å². The molecule has 0 N–H and O–H groups in total. The van der Waals surface area contributed by atoms with Crippen LogP contribution in [0.1, 0.15) is 15.4 Å². The van der Waals surface area contributed by atoms with Crippen LogP contribution in [-0.2, 0) is 0 Å². The first-order valence-electron chi connectivity index (χ1n) is 4.42. The summed E-state index contributed by atoms with van der Waals surface area (Å²) < 4.78 is 0. The third-order valence-electron chi connectivity index (χ3n) is 1.93. The molecule has 0 radical (unpaired) electrons. The molecule has 78 valence electrons. The van der Waals surface area contributed by atoms with Crippen molar-refractivity contribution in [1.29, 1.82) is 0 Å². The second-order valence-electron chi connectivity index (χ2n) is 3.11. The smallest absolute Gasteiger partial charge is 0.269 e. The zero-order valence-corrected chi connectivity index (χ0v) is 10.1. The van der Waals surface area contributed by atoms with Crippen LogP contribution in [0.4, 0.5) is 5.13 Å². The number of carbonyl (C=O) groups excluding carboxylic acids is 1. The van der Waals surface area contributed by atoms with E-state index >= 15 is 0 Å². The molecule has 0 fully saturated rings. The van der Waals surface area contributed by atoms with Crippen molar-refractivity contribution < 1.29 is 4.79 Å². The molecule has 0 atom stereocenters. The lowest BCUT2D eigenvalue weighted by Gasteiger charge is -2.11. The molecule has 0 aliphatic heterocycles. The predicted molar refractivity (Wildman–Crippen MR) is 63.9 cm³/mol. The van der Waals surface area contributed by atoms with Crippen LogP contribution in [0.15, 0.2) is 22.9 Å². The van der Waals surface area contributed by atoms with Crippen LogP contribution in [0.2, 0.25) is 0 Å². The highest BCUT2D eigenvalue weighted by atomic mass is 32.1. The highest BCUT2D eigenvalue weighted by Crippen LogP contribution is 2.21. The quantitative estimate of drug-likeness (QED) is 0.806. The molecule has 2 aromatic heterocycles. The van der Waals surface area contributed by atoms with Crippen molar-refractivity contribution in [3.63, 3.8) is 0 Å². The average molecular weight is 238 g/mol. The highest BCUT2D eigenvalue weighted by molar-refractivity contribution is 7.14. The first kappa shape index (κ1) is 10.3. The zero-order chi connectivity index (χ0) is 10.8. The Bertz CT molecular complexity index is 461. The summed E-state index contributed by atoms with van der Waals surface area (Å²) in [6, 6.07) is 3.70. The van der Waals surface area contributed by atoms with Crippen LogP contribution in [0.5, 0.6) is 0 Å². The second kappa shape index (κ2) is 4.12. The van der Waals surface area contributed by atoms with Gasteiger partial charge in [0.05, 0.1) is 10.6 Å². The zero-order valence-electron chi connectivity index (χ0n) is 8.43. The van der Waals surface area contributed by atoms with E-state index in [4.69, 9.17) is 0 Å². The summed E-state index contributed by atoms with van der Waals surface area (Å²) in [5.41, 5.74) is 0.945. The molecule has 0 aliphatic rings. The summed E-state index contributed by atoms with van der Waals surface area (Å²) in [5, 5.41) is 4.58. The van der Waals surface area contributed by atoms with Crippen molar-refractivity contribution in [2.45, 2.75) is 6.92 Å². The van der Waals surface area contributed by atoms with E-state index in [0.29, 0.717) is 0 Å². The molecule has 0 saturated heterocycles. The first-order chi connectivity index (χ1) is 7.18. The molecular formula is C10H10N2OS2. The minimum absolute atomic E-state index is 0.000602. The number of thiophene rings is 1. The number of anilines is 1. The van der Waals surface area contributed by atoms with Crippen LogP contribution in [0.3, 0.4) is 0 Å². The first-order valence-corrected chi connectivity index (χ1v) is 6.18. The van der Waals surface area contributed by atoms with E-state index in [9.17, 15) is 4.79 Å². The Hall–Kier alpha value is -1.20. The lowest BCUT2D eigenvalue weighted by molar-refractivity contribution is 0.0997. The van der Waals surface area contributed by atoms with E-state index < -0.39 is 0 Å². The lowest BCUT2D eigenvalue weighted by Crippen LogP contribution is -2.25. The Kier molecular flexibility index (Phi) is 2.83. The molecule has 0 aliphatic carbocycles. The Morgan fingerprint density at radius 2 is 2.27 bits per heavy atom. The van der Waals surface area contributed by atoms with E-state index in [1.807, 2.05) is 29.8 Å². The molecule has 0 bridgehead atoms. The van der Waals surface area contributed by atoms with E-state index in [-0.39, 0.29) is 5.91 Å². The number of rotatable bonds is 2. The van der Waals surface area contributed by atoms with E-state index in [0.717, 1.165) is 15.7 Å². The van der Waals surface area contributed by atoms with Crippen LogP contribution in [-0.4, -0.2) is 17.9 Å². The number of hydrogen-bond acceptors (Lipinski definition) is 4. The number of carbonyl (C=O) groups is 1. The molecule has 0 aromatic carbocycles. The Morgan fingerprint density at radius 1 is 1.47 bits per heavy atom. The van der Waals surface area contributed by atoms with E-state index in [1.54, 1.807) is 11.9 Å². The van der Waals surface area contributed by atoms with Gasteiger partial charge >= 0.3 is 0 Å². The normalized spacial score (nSPS) is 10.3. The summed E-state index contributed by atoms with van der Waals surface area (Å²) in [7, 11) is 1.75. The molecule has 3 nitrogen and oxygen atoms in total. The molecule has 1 amide bonds. The molecule has 2 rings (SSSR count). The van der Waals surface area contributed by atoms with Gasteiger partial charge in [-0.25, -0.2) is 4.98 Å². The van der Waals surface area contributed by atoms with Gasteiger partial charge in [0, 0.05) is 12.4 Å². The third-order valence-corrected chi connectivity index (χ3v) is 3.82. The monoisotopic (exact) mass is 238 g/mol. The van der Waals surface area contributed by atoms with Crippen molar-refractivity contribution in [2.75, 3.05) is 11.9 Å². The minimum Gasteiger partial charge on any atom is -0.286 e. The molecule has 2 aromatic rings. The Balaban J connectivity index is 2.22. The van der Waals surface area contributed by atoms with Crippen molar-refractivity contribution in [2.24, 2.45) is 0 Å². The molecular weight excluding hydrogens is 228 g/mol. The number of aryl methyl sites for hydroxylation is 1. The van der Waals surface area contributed by atoms with Gasteiger partial charge in [-0.15, -0.1) is 22.7 Å². The molecule has 0 spiro atoms. The number of amides is 1. The van der Waals surface area contributed by atoms with Gasteiger partial charge in [-0.1, -0.05) is 6.07 Å². The lowest BCUT2D eigenvalue weighted by atomic mass is 10.4. The number of nitrogens with zero attached hydrogens (tertiary/aromatic N) is 2. The van der Waals surface area contributed by atoms with Crippen LogP contribution < -0.4 is 4.90 Å². The van der Waals surface area contributed by atoms with Crippen LogP contribution in [0.25, 0.3) is 0 Å². The van der Waals surface area contributed by atoms with Crippen LogP contribution in [0, 0.1) is 6.92 Å². The Morgan fingerprint density at radius 3 is 2.80 bits per heavy atom. The number of aromatic nitrogens is 1. The van der Waals surface area contributed by atoms with Gasteiger partial charge in [0.1, 0.15) is 0 Å². The standard InChI is InChI=1S/C10H10N2OS2/c1-7-6-15-10(11-7)12(2)9(13)8-4-3-5-14-8/h3-6H,1-2H3. The molecule has 15 heavy (non-hydrogen) atoms. The fourth-order valence-electron chi connectivity index (χ4n) is 1.15. The van der Waals surface area contributed by atoms with Gasteiger partial charge < -0.3 is 0 Å². The summed E-state index contributed by atoms with van der Waals surface area (Å²) in [4.78, 5) is 18.5. The van der Waals surface area contributed by atoms with Gasteiger partial charge in [-0.05, 0) is 18.4 Å². The summed E-state index contributed by atoms with van der Waals surface area (Å²) >= 11 is 2.93. The SMILES string of the molecule is Cc1csc(N(C)C(=O)c2cccs2)n1. The summed E-state index contributed by atoms with van der Waals surface area (Å²) in [6.07, 6.45) is 0. The van der Waals surface area contributed by atoms with Gasteiger partial charge in [0.25, 0.3) is 5.91 Å². The maximum atomic E-state index is 11.9. The van der Waals surface area contributed by atoms with Gasteiger partial charge in [0.15, 0.2) is 5.13 Å². The maximum absolute atomic E-state index is 11.9. The molecule has 2 heterocycles. The second-order valence-corrected chi connectivity index (χ2v) is 4.90. The highest BCUT2D eigenvalue weighted by Gasteiger charge is 2.16. The maximum Gasteiger partial charge on any atom is 0.269 e. The van der Waals surface area contributed by atoms with Crippen LogP contribution >= 0.6 is 22.7 Å². The van der Waals surface area contributed by atoms with Gasteiger partial charge in [-0.3, -0.25) is 9.69 Å². The largest absolute Gasteiger partial charge is 0.286 e.